The zero-order valence-electron chi connectivity index (χ0n) is 14.8. The Bertz CT molecular complexity index is 873. The normalized spacial score (nSPS) is 13.5. The van der Waals surface area contributed by atoms with E-state index in [0.29, 0.717) is 21.2 Å². The third kappa shape index (κ3) is 4.84. The molecule has 1 aromatic heterocycles. The fourth-order valence-electron chi connectivity index (χ4n) is 2.88. The van der Waals surface area contributed by atoms with Crippen LogP contribution in [0.1, 0.15) is 38.1 Å². The maximum atomic E-state index is 12.7. The highest BCUT2D eigenvalue weighted by Crippen LogP contribution is 2.38. The summed E-state index contributed by atoms with van der Waals surface area (Å²) in [5, 5.41) is 3.73. The number of benzene rings is 1. The van der Waals surface area contributed by atoms with Gasteiger partial charge in [0.1, 0.15) is 5.00 Å². The number of amides is 1. The standard InChI is InChI=1S/C18H18BrClN2O3S.ClH/c1-3-25-18(24)15-11-6-7-22(2)9-14(11)26-17(15)21-16(23)12-8-10(19)4-5-13(12)20;/h4-5,8H,3,6-7,9H2,1-2H3,(H,21,23);1H. The molecule has 1 aromatic carbocycles. The van der Waals surface area contributed by atoms with E-state index in [0.717, 1.165) is 34.4 Å². The van der Waals surface area contributed by atoms with Gasteiger partial charge in [-0.3, -0.25) is 4.79 Å². The molecule has 0 bridgehead atoms. The molecule has 0 saturated carbocycles. The first-order chi connectivity index (χ1) is 12.4. The Morgan fingerprint density at radius 3 is 2.85 bits per heavy atom. The molecule has 0 spiro atoms. The minimum atomic E-state index is -0.398. The Morgan fingerprint density at radius 2 is 2.15 bits per heavy atom. The maximum absolute atomic E-state index is 12.7. The summed E-state index contributed by atoms with van der Waals surface area (Å²) in [7, 11) is 2.03. The Balaban J connectivity index is 0.00000261. The van der Waals surface area contributed by atoms with E-state index in [-0.39, 0.29) is 24.9 Å². The van der Waals surface area contributed by atoms with Crippen LogP contribution >= 0.6 is 51.3 Å². The van der Waals surface area contributed by atoms with Crippen LogP contribution in [-0.4, -0.2) is 37.0 Å². The van der Waals surface area contributed by atoms with Crippen molar-refractivity contribution in [3.8, 4) is 0 Å². The number of rotatable bonds is 4. The largest absolute Gasteiger partial charge is 0.462 e. The second-order valence-electron chi connectivity index (χ2n) is 5.99. The third-order valence-electron chi connectivity index (χ3n) is 4.13. The highest BCUT2D eigenvalue weighted by Gasteiger charge is 2.29. The van der Waals surface area contributed by atoms with E-state index in [1.54, 1.807) is 25.1 Å². The first-order valence-corrected chi connectivity index (χ1v) is 10.2. The molecule has 1 aliphatic heterocycles. The SMILES string of the molecule is CCOC(=O)c1c(NC(=O)c2cc(Br)ccc2Cl)sc2c1CCN(C)C2.Cl. The van der Waals surface area contributed by atoms with Gasteiger partial charge in [-0.1, -0.05) is 27.5 Å². The molecule has 3 rings (SSSR count). The van der Waals surface area contributed by atoms with Gasteiger partial charge >= 0.3 is 5.97 Å². The number of nitrogens with zero attached hydrogens (tertiary/aromatic N) is 1. The summed E-state index contributed by atoms with van der Waals surface area (Å²) in [5.74, 6) is -0.751. The van der Waals surface area contributed by atoms with Gasteiger partial charge in [-0.25, -0.2) is 4.79 Å². The first-order valence-electron chi connectivity index (χ1n) is 8.17. The lowest BCUT2D eigenvalue weighted by Crippen LogP contribution is -2.26. The summed E-state index contributed by atoms with van der Waals surface area (Å²) in [6, 6.07) is 5.08. The van der Waals surface area contributed by atoms with Gasteiger partial charge in [-0.05, 0) is 44.2 Å². The molecule has 0 unspecified atom stereocenters. The lowest BCUT2D eigenvalue weighted by molar-refractivity contribution is 0.0526. The lowest BCUT2D eigenvalue weighted by atomic mass is 10.0. The average Bonchev–Trinajstić information content (AvgIpc) is 2.94. The van der Waals surface area contributed by atoms with E-state index in [4.69, 9.17) is 16.3 Å². The van der Waals surface area contributed by atoms with Gasteiger partial charge in [0.05, 0.1) is 22.8 Å². The Morgan fingerprint density at radius 1 is 1.41 bits per heavy atom. The number of fused-ring (bicyclic) bond motifs is 1. The summed E-state index contributed by atoms with van der Waals surface area (Å²) in [6.07, 6.45) is 0.754. The number of esters is 1. The van der Waals surface area contributed by atoms with Gasteiger partial charge in [0.25, 0.3) is 5.91 Å². The lowest BCUT2D eigenvalue weighted by Gasteiger charge is -2.22. The molecule has 0 atom stereocenters. The van der Waals surface area contributed by atoms with Crippen molar-refractivity contribution in [2.45, 2.75) is 19.9 Å². The smallest absolute Gasteiger partial charge is 0.341 e. The highest BCUT2D eigenvalue weighted by molar-refractivity contribution is 9.10. The molecule has 0 saturated heterocycles. The minimum absolute atomic E-state index is 0. The Kier molecular flexibility index (Phi) is 7.71. The first kappa shape index (κ1) is 22.2. The second kappa shape index (κ2) is 9.39. The summed E-state index contributed by atoms with van der Waals surface area (Å²) in [6.45, 7) is 3.67. The number of carbonyl (C=O) groups is 2. The molecule has 0 radical (unpaired) electrons. The average molecular weight is 494 g/mol. The number of hydrogen-bond acceptors (Lipinski definition) is 5. The molecule has 1 N–H and O–H groups in total. The van der Waals surface area contributed by atoms with Crippen molar-refractivity contribution in [2.24, 2.45) is 0 Å². The van der Waals surface area contributed by atoms with Crippen LogP contribution in [0.15, 0.2) is 22.7 Å². The molecular formula is C18H19BrCl2N2O3S. The number of anilines is 1. The number of halogens is 3. The summed E-state index contributed by atoms with van der Waals surface area (Å²) in [4.78, 5) is 28.5. The van der Waals surface area contributed by atoms with Crippen LogP contribution in [0.4, 0.5) is 5.00 Å². The molecule has 2 aromatic rings. The van der Waals surface area contributed by atoms with Crippen molar-refractivity contribution in [1.29, 1.82) is 0 Å². The second-order valence-corrected chi connectivity index (χ2v) is 8.42. The van der Waals surface area contributed by atoms with Crippen molar-refractivity contribution in [3.63, 3.8) is 0 Å². The number of hydrogen-bond donors (Lipinski definition) is 1. The predicted octanol–water partition coefficient (Wildman–Crippen LogP) is 5.00. The molecule has 1 aliphatic rings. The van der Waals surface area contributed by atoms with Gasteiger partial charge in [-0.15, -0.1) is 23.7 Å². The van der Waals surface area contributed by atoms with E-state index < -0.39 is 5.97 Å². The quantitative estimate of drug-likeness (QED) is 0.608. The fourth-order valence-corrected chi connectivity index (χ4v) is 4.76. The zero-order chi connectivity index (χ0) is 18.8. The molecular weight excluding hydrogens is 475 g/mol. The van der Waals surface area contributed by atoms with Crippen LogP contribution in [0.3, 0.4) is 0 Å². The number of likely N-dealkylation sites (N-methyl/N-ethyl adjacent to an activating group) is 1. The van der Waals surface area contributed by atoms with E-state index in [1.165, 1.54) is 11.3 Å². The minimum Gasteiger partial charge on any atom is -0.462 e. The third-order valence-corrected chi connectivity index (χ3v) is 6.08. The van der Waals surface area contributed by atoms with Gasteiger partial charge in [0.15, 0.2) is 0 Å². The van der Waals surface area contributed by atoms with Crippen molar-refractivity contribution in [1.82, 2.24) is 4.90 Å². The summed E-state index contributed by atoms with van der Waals surface area (Å²) in [5.41, 5.74) is 1.79. The van der Waals surface area contributed by atoms with E-state index >= 15 is 0 Å². The van der Waals surface area contributed by atoms with Gasteiger partial charge in [0, 0.05) is 22.4 Å². The molecule has 1 amide bonds. The predicted molar refractivity (Wildman–Crippen MR) is 115 cm³/mol. The molecule has 5 nitrogen and oxygen atoms in total. The summed E-state index contributed by atoms with van der Waals surface area (Å²) >= 11 is 10.9. The highest BCUT2D eigenvalue weighted by atomic mass is 79.9. The monoisotopic (exact) mass is 492 g/mol. The van der Waals surface area contributed by atoms with Crippen molar-refractivity contribution < 1.29 is 14.3 Å². The van der Waals surface area contributed by atoms with Crippen LogP contribution < -0.4 is 5.32 Å². The maximum Gasteiger partial charge on any atom is 0.341 e. The van der Waals surface area contributed by atoms with E-state index in [2.05, 4.69) is 26.1 Å². The fraction of sp³-hybridized carbons (Fsp3) is 0.333. The van der Waals surface area contributed by atoms with Gasteiger partial charge < -0.3 is 15.0 Å². The molecule has 146 valence electrons. The van der Waals surface area contributed by atoms with Gasteiger partial charge in [0.2, 0.25) is 0 Å². The summed E-state index contributed by atoms with van der Waals surface area (Å²) < 4.78 is 5.97. The van der Waals surface area contributed by atoms with Crippen molar-refractivity contribution >= 4 is 68.2 Å². The number of carbonyl (C=O) groups excluding carboxylic acids is 2. The van der Waals surface area contributed by atoms with Crippen LogP contribution in [0.25, 0.3) is 0 Å². The van der Waals surface area contributed by atoms with Gasteiger partial charge in [-0.2, -0.15) is 0 Å². The molecule has 0 aliphatic carbocycles. The molecule has 2 heterocycles. The number of nitrogens with one attached hydrogen (secondary N) is 1. The molecule has 9 heteroatoms. The van der Waals surface area contributed by atoms with Crippen LogP contribution in [0.2, 0.25) is 5.02 Å². The Labute approximate surface area is 181 Å². The zero-order valence-corrected chi connectivity index (χ0v) is 18.8. The Hall–Kier alpha value is -1.12. The van der Waals surface area contributed by atoms with E-state index in [1.807, 2.05) is 7.05 Å². The van der Waals surface area contributed by atoms with Crippen molar-refractivity contribution in [3.05, 3.63) is 49.3 Å². The number of ether oxygens (including phenoxy) is 1. The molecule has 27 heavy (non-hydrogen) atoms. The number of thiophene rings is 1. The topological polar surface area (TPSA) is 58.6 Å². The van der Waals surface area contributed by atoms with Crippen LogP contribution in [0.5, 0.6) is 0 Å². The van der Waals surface area contributed by atoms with Crippen molar-refractivity contribution in [2.75, 3.05) is 25.5 Å². The van der Waals surface area contributed by atoms with Crippen LogP contribution in [0, 0.1) is 0 Å². The van der Waals surface area contributed by atoms with Crippen LogP contribution in [-0.2, 0) is 17.7 Å². The molecule has 0 fully saturated rings. The van der Waals surface area contributed by atoms with E-state index in [9.17, 15) is 9.59 Å².